The van der Waals surface area contributed by atoms with Gasteiger partial charge in [-0.1, -0.05) is 36.4 Å². The van der Waals surface area contributed by atoms with Crippen molar-refractivity contribution in [2.24, 2.45) is 0 Å². The van der Waals surface area contributed by atoms with E-state index in [0.29, 0.717) is 6.04 Å². The average molecular weight is 238 g/mol. The van der Waals surface area contributed by atoms with Crippen LogP contribution in [0.25, 0.3) is 0 Å². The van der Waals surface area contributed by atoms with Crippen molar-refractivity contribution in [2.45, 2.75) is 12.5 Å². The van der Waals surface area contributed by atoms with E-state index in [2.05, 4.69) is 65.8 Å². The third kappa shape index (κ3) is 1.70. The zero-order chi connectivity index (χ0) is 12.5. The van der Waals surface area contributed by atoms with E-state index in [-0.39, 0.29) is 0 Å². The highest BCUT2D eigenvalue weighted by atomic mass is 15.1. The number of para-hydroxylation sites is 2. The molecule has 1 atom stereocenters. The van der Waals surface area contributed by atoms with Crippen molar-refractivity contribution in [3.63, 3.8) is 0 Å². The Balaban J connectivity index is 2.21. The van der Waals surface area contributed by atoms with Gasteiger partial charge in [-0.2, -0.15) is 0 Å². The highest BCUT2D eigenvalue weighted by Crippen LogP contribution is 2.38. The number of rotatable bonds is 1. The molecule has 1 N–H and O–H groups in total. The van der Waals surface area contributed by atoms with E-state index >= 15 is 0 Å². The highest BCUT2D eigenvalue weighted by molar-refractivity contribution is 5.71. The van der Waals surface area contributed by atoms with Gasteiger partial charge in [0.25, 0.3) is 0 Å². The first kappa shape index (κ1) is 11.3. The molecule has 0 spiro atoms. The van der Waals surface area contributed by atoms with Crippen LogP contribution in [0.3, 0.4) is 0 Å². The van der Waals surface area contributed by atoms with E-state index in [1.165, 1.54) is 22.5 Å². The lowest BCUT2D eigenvalue weighted by Gasteiger charge is -2.22. The summed E-state index contributed by atoms with van der Waals surface area (Å²) >= 11 is 0. The minimum atomic E-state index is 0.382. The number of fused-ring (bicyclic) bond motifs is 2. The van der Waals surface area contributed by atoms with Crippen molar-refractivity contribution >= 4 is 11.4 Å². The zero-order valence-corrected chi connectivity index (χ0v) is 10.9. The molecule has 0 bridgehead atoms. The Kier molecular flexibility index (Phi) is 2.80. The van der Waals surface area contributed by atoms with Crippen LogP contribution in [0.4, 0.5) is 11.4 Å². The van der Waals surface area contributed by atoms with Gasteiger partial charge in [-0.3, -0.25) is 0 Å². The number of anilines is 2. The van der Waals surface area contributed by atoms with Gasteiger partial charge in [0, 0.05) is 24.5 Å². The molecule has 2 heteroatoms. The topological polar surface area (TPSA) is 15.3 Å². The van der Waals surface area contributed by atoms with Crippen molar-refractivity contribution in [2.75, 3.05) is 19.0 Å². The fourth-order valence-corrected chi connectivity index (χ4v) is 2.82. The summed E-state index contributed by atoms with van der Waals surface area (Å²) in [5.41, 5.74) is 5.37. The van der Waals surface area contributed by atoms with Crippen LogP contribution in [0.5, 0.6) is 0 Å². The second-order valence-corrected chi connectivity index (χ2v) is 4.79. The fraction of sp³-hybridized carbons (Fsp3) is 0.250. The number of hydrogen-bond donors (Lipinski definition) is 1. The van der Waals surface area contributed by atoms with E-state index in [4.69, 9.17) is 0 Å². The number of nitrogens with one attached hydrogen (secondary N) is 1. The fourth-order valence-electron chi connectivity index (χ4n) is 2.82. The first-order valence-electron chi connectivity index (χ1n) is 6.39. The molecule has 0 saturated carbocycles. The van der Waals surface area contributed by atoms with Gasteiger partial charge in [-0.05, 0) is 36.7 Å². The Hall–Kier alpha value is -1.80. The van der Waals surface area contributed by atoms with Crippen molar-refractivity contribution in [3.8, 4) is 0 Å². The summed E-state index contributed by atoms with van der Waals surface area (Å²) in [6.07, 6.45) is 1.04. The van der Waals surface area contributed by atoms with Crippen LogP contribution in [0.1, 0.15) is 17.2 Å². The molecule has 92 valence electrons. The monoisotopic (exact) mass is 238 g/mol. The molecule has 3 rings (SSSR count). The van der Waals surface area contributed by atoms with E-state index in [9.17, 15) is 0 Å². The van der Waals surface area contributed by atoms with Crippen molar-refractivity contribution in [1.82, 2.24) is 5.32 Å². The number of hydrogen-bond acceptors (Lipinski definition) is 2. The molecule has 2 aromatic carbocycles. The largest absolute Gasteiger partial charge is 0.344 e. The molecule has 0 amide bonds. The Morgan fingerprint density at radius 3 is 2.44 bits per heavy atom. The first-order valence-corrected chi connectivity index (χ1v) is 6.39. The van der Waals surface area contributed by atoms with Gasteiger partial charge in [-0.15, -0.1) is 0 Å². The van der Waals surface area contributed by atoms with Crippen molar-refractivity contribution in [1.29, 1.82) is 0 Å². The second-order valence-electron chi connectivity index (χ2n) is 4.79. The third-order valence-electron chi connectivity index (χ3n) is 3.80. The maximum absolute atomic E-state index is 3.43. The standard InChI is InChI=1S/C16H18N2/c1-17-14-11-12-7-3-5-9-15(12)18(2)16-10-6-4-8-13(14)16/h3-10,14,17H,11H2,1-2H3/t14-/m0/s1. The summed E-state index contributed by atoms with van der Waals surface area (Å²) < 4.78 is 0. The maximum Gasteiger partial charge on any atom is 0.0456 e. The number of likely N-dealkylation sites (N-methyl/N-ethyl adjacent to an activating group) is 1. The molecule has 0 aromatic heterocycles. The van der Waals surface area contributed by atoms with Crippen LogP contribution in [0.2, 0.25) is 0 Å². The molecule has 1 heterocycles. The van der Waals surface area contributed by atoms with Gasteiger partial charge in [-0.25, -0.2) is 0 Å². The maximum atomic E-state index is 3.43. The second kappa shape index (κ2) is 4.46. The van der Waals surface area contributed by atoms with Gasteiger partial charge in [0.2, 0.25) is 0 Å². The van der Waals surface area contributed by atoms with Gasteiger partial charge in [0.1, 0.15) is 0 Å². The van der Waals surface area contributed by atoms with Crippen LogP contribution in [0.15, 0.2) is 48.5 Å². The summed E-state index contributed by atoms with van der Waals surface area (Å²) in [7, 11) is 4.19. The Bertz CT molecular complexity index is 563. The molecule has 0 fully saturated rings. The Labute approximate surface area is 108 Å². The minimum Gasteiger partial charge on any atom is -0.344 e. The van der Waals surface area contributed by atoms with E-state index in [0.717, 1.165) is 6.42 Å². The summed E-state index contributed by atoms with van der Waals surface area (Å²) in [5.74, 6) is 0. The van der Waals surface area contributed by atoms with Gasteiger partial charge >= 0.3 is 0 Å². The normalized spacial score (nSPS) is 17.9. The molecule has 0 unspecified atom stereocenters. The SMILES string of the molecule is CN[C@H]1Cc2ccccc2N(C)c2ccccc21. The van der Waals surface area contributed by atoms with Crippen LogP contribution >= 0.6 is 0 Å². The van der Waals surface area contributed by atoms with Crippen LogP contribution in [0, 0.1) is 0 Å². The van der Waals surface area contributed by atoms with Crippen molar-refractivity contribution in [3.05, 3.63) is 59.7 Å². The quantitative estimate of drug-likeness (QED) is 0.820. The molecule has 0 radical (unpaired) electrons. The average Bonchev–Trinajstić information content (AvgIpc) is 2.55. The smallest absolute Gasteiger partial charge is 0.0456 e. The predicted molar refractivity (Wildman–Crippen MR) is 76.5 cm³/mol. The van der Waals surface area contributed by atoms with Crippen LogP contribution in [-0.4, -0.2) is 14.1 Å². The van der Waals surface area contributed by atoms with Gasteiger partial charge < -0.3 is 10.2 Å². The summed E-state index contributed by atoms with van der Waals surface area (Å²) in [6.45, 7) is 0. The van der Waals surface area contributed by atoms with Crippen molar-refractivity contribution < 1.29 is 0 Å². The molecule has 18 heavy (non-hydrogen) atoms. The summed E-state index contributed by atoms with van der Waals surface area (Å²) in [4.78, 5) is 2.29. The van der Waals surface area contributed by atoms with E-state index in [1.807, 2.05) is 7.05 Å². The number of benzene rings is 2. The zero-order valence-electron chi connectivity index (χ0n) is 10.9. The van der Waals surface area contributed by atoms with Gasteiger partial charge in [0.05, 0.1) is 0 Å². The highest BCUT2D eigenvalue weighted by Gasteiger charge is 2.23. The minimum absolute atomic E-state index is 0.382. The molecule has 1 aliphatic rings. The van der Waals surface area contributed by atoms with Gasteiger partial charge in [0.15, 0.2) is 0 Å². The summed E-state index contributed by atoms with van der Waals surface area (Å²) in [5, 5.41) is 3.43. The van der Waals surface area contributed by atoms with E-state index in [1.54, 1.807) is 0 Å². The molecular formula is C16H18N2. The first-order chi connectivity index (χ1) is 8.81. The molecular weight excluding hydrogens is 220 g/mol. The lowest BCUT2D eigenvalue weighted by molar-refractivity contribution is 0.597. The van der Waals surface area contributed by atoms with E-state index < -0.39 is 0 Å². The van der Waals surface area contributed by atoms with Crippen LogP contribution < -0.4 is 10.2 Å². The molecule has 2 nitrogen and oxygen atoms in total. The number of nitrogens with zero attached hydrogens (tertiary/aromatic N) is 1. The molecule has 0 saturated heterocycles. The third-order valence-corrected chi connectivity index (χ3v) is 3.80. The Morgan fingerprint density at radius 1 is 1.00 bits per heavy atom. The lowest BCUT2D eigenvalue weighted by atomic mass is 9.99. The predicted octanol–water partition coefficient (Wildman–Crippen LogP) is 3.27. The molecule has 2 aromatic rings. The Morgan fingerprint density at radius 2 is 1.67 bits per heavy atom. The molecule has 0 aliphatic carbocycles. The lowest BCUT2D eigenvalue weighted by Crippen LogP contribution is -2.18. The molecule has 1 aliphatic heterocycles. The van der Waals surface area contributed by atoms with Crippen LogP contribution in [-0.2, 0) is 6.42 Å². The summed E-state index contributed by atoms with van der Waals surface area (Å²) in [6, 6.07) is 17.7.